The van der Waals surface area contributed by atoms with Crippen molar-refractivity contribution in [2.75, 3.05) is 11.9 Å². The molecule has 2 aromatic carbocycles. The highest BCUT2D eigenvalue weighted by atomic mass is 32.1. The zero-order valence-electron chi connectivity index (χ0n) is 16.8. The van der Waals surface area contributed by atoms with E-state index in [1.165, 1.54) is 22.3 Å². The van der Waals surface area contributed by atoms with Crippen LogP contribution in [0.3, 0.4) is 0 Å². The van der Waals surface area contributed by atoms with Crippen molar-refractivity contribution in [3.05, 3.63) is 93.7 Å². The number of nitrogens with zero attached hydrogens (tertiary/aromatic N) is 2. The summed E-state index contributed by atoms with van der Waals surface area (Å²) < 4.78 is 0. The molecule has 0 spiro atoms. The van der Waals surface area contributed by atoms with E-state index in [0.717, 1.165) is 16.1 Å². The number of benzene rings is 2. The number of hydrogen-bond acceptors (Lipinski definition) is 6. The molecule has 3 heterocycles. The van der Waals surface area contributed by atoms with Gasteiger partial charge in [-0.3, -0.25) is 24.6 Å². The minimum absolute atomic E-state index is 0.258. The Morgan fingerprint density at radius 3 is 2.53 bits per heavy atom. The SMILES string of the molecule is O=C(Nc1nc(-c2cccs2)cs1)c1ccc2c(c1)C(=O)N(CCc1ccccc1)C2=O. The van der Waals surface area contributed by atoms with Gasteiger partial charge < -0.3 is 0 Å². The zero-order valence-corrected chi connectivity index (χ0v) is 18.4. The Hall–Kier alpha value is -3.62. The quantitative estimate of drug-likeness (QED) is 0.413. The average Bonchev–Trinajstić information content (AvgIpc) is 3.55. The first-order valence-corrected chi connectivity index (χ1v) is 11.7. The molecular formula is C24H17N3O3S2. The van der Waals surface area contributed by atoms with E-state index < -0.39 is 0 Å². The summed E-state index contributed by atoms with van der Waals surface area (Å²) in [5.41, 5.74) is 2.75. The number of thiazole rings is 1. The van der Waals surface area contributed by atoms with Crippen LogP contribution in [0.25, 0.3) is 10.6 Å². The highest BCUT2D eigenvalue weighted by Crippen LogP contribution is 2.29. The third kappa shape index (κ3) is 3.86. The van der Waals surface area contributed by atoms with Crippen LogP contribution in [-0.4, -0.2) is 34.2 Å². The summed E-state index contributed by atoms with van der Waals surface area (Å²) >= 11 is 2.91. The second kappa shape index (κ2) is 8.49. The van der Waals surface area contributed by atoms with E-state index in [-0.39, 0.29) is 23.3 Å². The molecule has 0 atom stereocenters. The molecule has 0 fully saturated rings. The third-order valence-corrected chi connectivity index (χ3v) is 6.85. The lowest BCUT2D eigenvalue weighted by molar-refractivity contribution is 0.0656. The summed E-state index contributed by atoms with van der Waals surface area (Å²) in [7, 11) is 0. The lowest BCUT2D eigenvalue weighted by atomic mass is 10.1. The van der Waals surface area contributed by atoms with Crippen molar-refractivity contribution in [1.29, 1.82) is 0 Å². The van der Waals surface area contributed by atoms with Crippen LogP contribution in [0, 0.1) is 0 Å². The molecule has 6 nitrogen and oxygen atoms in total. The van der Waals surface area contributed by atoms with Crippen LogP contribution < -0.4 is 5.32 Å². The Balaban J connectivity index is 1.30. The van der Waals surface area contributed by atoms with Gasteiger partial charge in [-0.2, -0.15) is 0 Å². The summed E-state index contributed by atoms with van der Waals surface area (Å²) in [6, 6.07) is 18.2. The topological polar surface area (TPSA) is 79.4 Å². The second-order valence-electron chi connectivity index (χ2n) is 7.23. The molecule has 0 saturated heterocycles. The molecule has 158 valence electrons. The molecular weight excluding hydrogens is 442 g/mol. The Morgan fingerprint density at radius 2 is 1.75 bits per heavy atom. The summed E-state index contributed by atoms with van der Waals surface area (Å²) in [6.07, 6.45) is 0.580. The predicted molar refractivity (Wildman–Crippen MR) is 125 cm³/mol. The van der Waals surface area contributed by atoms with E-state index in [0.29, 0.717) is 29.2 Å². The Morgan fingerprint density at radius 1 is 0.938 bits per heavy atom. The summed E-state index contributed by atoms with van der Waals surface area (Å²) in [5, 5.41) is 7.11. The molecule has 3 amide bonds. The van der Waals surface area contributed by atoms with Crippen LogP contribution in [-0.2, 0) is 6.42 Å². The average molecular weight is 460 g/mol. The fourth-order valence-electron chi connectivity index (χ4n) is 3.56. The number of aromatic nitrogens is 1. The number of imide groups is 1. The summed E-state index contributed by atoms with van der Waals surface area (Å²) in [5.74, 6) is -1.07. The first kappa shape index (κ1) is 20.3. The first-order chi connectivity index (χ1) is 15.6. The zero-order chi connectivity index (χ0) is 22.1. The molecule has 0 saturated carbocycles. The van der Waals surface area contributed by atoms with Crippen molar-refractivity contribution in [3.8, 4) is 10.6 Å². The molecule has 0 unspecified atom stereocenters. The normalized spacial score (nSPS) is 12.8. The monoisotopic (exact) mass is 459 g/mol. The number of rotatable bonds is 6. The number of carbonyl (C=O) groups is 3. The molecule has 1 aliphatic heterocycles. The first-order valence-electron chi connectivity index (χ1n) is 9.95. The highest BCUT2D eigenvalue weighted by Gasteiger charge is 2.35. The largest absolute Gasteiger partial charge is 0.298 e. The fraction of sp³-hybridized carbons (Fsp3) is 0.0833. The second-order valence-corrected chi connectivity index (χ2v) is 9.03. The smallest absolute Gasteiger partial charge is 0.261 e. The molecule has 1 aliphatic rings. The van der Waals surface area contributed by atoms with E-state index in [9.17, 15) is 14.4 Å². The van der Waals surface area contributed by atoms with Crippen molar-refractivity contribution in [1.82, 2.24) is 9.88 Å². The standard InChI is InChI=1S/C24H17N3O3S2/c28-21(26-24-25-19(14-32-24)20-7-4-12-31-20)16-8-9-17-18(13-16)23(30)27(22(17)29)11-10-15-5-2-1-3-6-15/h1-9,12-14H,10-11H2,(H,25,26,28). The van der Waals surface area contributed by atoms with Gasteiger partial charge in [-0.15, -0.1) is 22.7 Å². The van der Waals surface area contributed by atoms with Crippen molar-refractivity contribution >= 4 is 45.5 Å². The van der Waals surface area contributed by atoms with Crippen LogP contribution in [0.5, 0.6) is 0 Å². The molecule has 8 heteroatoms. The predicted octanol–water partition coefficient (Wildman–Crippen LogP) is 4.96. The maximum atomic E-state index is 12.9. The number of nitrogens with one attached hydrogen (secondary N) is 1. The highest BCUT2D eigenvalue weighted by molar-refractivity contribution is 7.16. The number of hydrogen-bond donors (Lipinski definition) is 1. The molecule has 0 aliphatic carbocycles. The van der Waals surface area contributed by atoms with Gasteiger partial charge in [0.25, 0.3) is 17.7 Å². The van der Waals surface area contributed by atoms with Crippen molar-refractivity contribution in [2.24, 2.45) is 0 Å². The van der Waals surface area contributed by atoms with Gasteiger partial charge >= 0.3 is 0 Å². The van der Waals surface area contributed by atoms with Crippen molar-refractivity contribution in [3.63, 3.8) is 0 Å². The van der Waals surface area contributed by atoms with Crippen LogP contribution in [0.2, 0.25) is 0 Å². The van der Waals surface area contributed by atoms with Crippen LogP contribution >= 0.6 is 22.7 Å². The van der Waals surface area contributed by atoms with E-state index in [1.54, 1.807) is 23.5 Å². The van der Waals surface area contributed by atoms with Crippen molar-refractivity contribution in [2.45, 2.75) is 6.42 Å². The van der Waals surface area contributed by atoms with E-state index in [4.69, 9.17) is 0 Å². The Bertz CT molecular complexity index is 1310. The molecule has 0 bridgehead atoms. The van der Waals surface area contributed by atoms with Gasteiger partial charge in [-0.25, -0.2) is 4.98 Å². The van der Waals surface area contributed by atoms with Crippen molar-refractivity contribution < 1.29 is 14.4 Å². The van der Waals surface area contributed by atoms with Gasteiger partial charge in [0.1, 0.15) is 0 Å². The minimum atomic E-state index is -0.372. The van der Waals surface area contributed by atoms with E-state index in [1.807, 2.05) is 53.2 Å². The summed E-state index contributed by atoms with van der Waals surface area (Å²) in [6.45, 7) is 0.294. The van der Waals surface area contributed by atoms with Gasteiger partial charge in [0.05, 0.1) is 21.7 Å². The van der Waals surface area contributed by atoms with Gasteiger partial charge in [0.2, 0.25) is 0 Å². The van der Waals surface area contributed by atoms with E-state index >= 15 is 0 Å². The number of thiophene rings is 1. The number of fused-ring (bicyclic) bond motifs is 1. The molecule has 2 aromatic heterocycles. The Labute approximate surface area is 192 Å². The van der Waals surface area contributed by atoms with Crippen LogP contribution in [0.15, 0.2) is 71.4 Å². The van der Waals surface area contributed by atoms with Gasteiger partial charge in [-0.1, -0.05) is 36.4 Å². The van der Waals surface area contributed by atoms with Gasteiger partial charge in [0.15, 0.2) is 5.13 Å². The maximum Gasteiger partial charge on any atom is 0.261 e. The van der Waals surface area contributed by atoms with Crippen LogP contribution in [0.1, 0.15) is 36.6 Å². The number of carbonyl (C=O) groups excluding carboxylic acids is 3. The maximum absolute atomic E-state index is 12.9. The molecule has 1 N–H and O–H groups in total. The third-order valence-electron chi connectivity index (χ3n) is 5.20. The Kier molecular flexibility index (Phi) is 5.38. The van der Waals surface area contributed by atoms with Gasteiger partial charge in [0, 0.05) is 17.5 Å². The lowest BCUT2D eigenvalue weighted by Gasteiger charge is -2.13. The molecule has 4 aromatic rings. The number of amides is 3. The van der Waals surface area contributed by atoms with Gasteiger partial charge in [-0.05, 0) is 41.6 Å². The van der Waals surface area contributed by atoms with Crippen LogP contribution in [0.4, 0.5) is 5.13 Å². The molecule has 0 radical (unpaired) electrons. The lowest BCUT2D eigenvalue weighted by Crippen LogP contribution is -2.31. The fourth-order valence-corrected chi connectivity index (χ4v) is 5.02. The van der Waals surface area contributed by atoms with E-state index in [2.05, 4.69) is 10.3 Å². The summed E-state index contributed by atoms with van der Waals surface area (Å²) in [4.78, 5) is 45.0. The number of anilines is 1. The molecule has 32 heavy (non-hydrogen) atoms. The molecule has 5 rings (SSSR count). The minimum Gasteiger partial charge on any atom is -0.298 e.